The van der Waals surface area contributed by atoms with Gasteiger partial charge in [0, 0.05) is 18.8 Å². The first kappa shape index (κ1) is 11.9. The van der Waals surface area contributed by atoms with Crippen molar-refractivity contribution in [3.8, 4) is 12.3 Å². The van der Waals surface area contributed by atoms with E-state index in [0.717, 1.165) is 29.5 Å². The van der Waals surface area contributed by atoms with Crippen LogP contribution < -0.4 is 10.6 Å². The van der Waals surface area contributed by atoms with Crippen LogP contribution in [0.4, 0.5) is 5.82 Å². The van der Waals surface area contributed by atoms with Gasteiger partial charge in [-0.15, -0.1) is 6.42 Å². The van der Waals surface area contributed by atoms with E-state index in [1.807, 2.05) is 19.1 Å². The molecule has 3 nitrogen and oxygen atoms in total. The fourth-order valence-corrected chi connectivity index (χ4v) is 1.93. The minimum absolute atomic E-state index is 0.539. The Morgan fingerprint density at radius 1 is 1.53 bits per heavy atom. The molecule has 1 saturated carbocycles. The van der Waals surface area contributed by atoms with Crippen molar-refractivity contribution in [2.75, 3.05) is 18.0 Å². The van der Waals surface area contributed by atoms with Crippen molar-refractivity contribution < 1.29 is 0 Å². The molecule has 1 aliphatic carbocycles. The van der Waals surface area contributed by atoms with Crippen LogP contribution in [-0.2, 0) is 6.54 Å². The number of anilines is 1. The Bertz CT molecular complexity index is 430. The summed E-state index contributed by atoms with van der Waals surface area (Å²) in [6, 6.07) is 4.07. The van der Waals surface area contributed by atoms with Crippen LogP contribution in [0.15, 0.2) is 12.1 Å². The lowest BCUT2D eigenvalue weighted by atomic mass is 10.2. The topological polar surface area (TPSA) is 42.1 Å². The number of rotatable bonds is 5. The van der Waals surface area contributed by atoms with Crippen molar-refractivity contribution in [3.63, 3.8) is 0 Å². The Labute approximate surface area is 103 Å². The van der Waals surface area contributed by atoms with E-state index in [9.17, 15) is 0 Å². The van der Waals surface area contributed by atoms with Gasteiger partial charge in [-0.05, 0) is 37.3 Å². The van der Waals surface area contributed by atoms with Crippen molar-refractivity contribution in [1.82, 2.24) is 4.98 Å². The Kier molecular flexibility index (Phi) is 3.65. The zero-order chi connectivity index (χ0) is 12.3. The number of aromatic nitrogens is 1. The van der Waals surface area contributed by atoms with Gasteiger partial charge in [0.25, 0.3) is 0 Å². The molecule has 2 N–H and O–H groups in total. The molecule has 0 atom stereocenters. The largest absolute Gasteiger partial charge is 0.345 e. The first-order valence-corrected chi connectivity index (χ1v) is 6.09. The molecule has 1 aromatic rings. The third-order valence-corrected chi connectivity index (χ3v) is 3.18. The van der Waals surface area contributed by atoms with Gasteiger partial charge in [-0.2, -0.15) is 0 Å². The summed E-state index contributed by atoms with van der Waals surface area (Å²) in [4.78, 5) is 6.78. The highest BCUT2D eigenvalue weighted by Gasteiger charge is 2.24. The number of pyridine rings is 1. The Morgan fingerprint density at radius 3 is 2.82 bits per heavy atom. The summed E-state index contributed by atoms with van der Waals surface area (Å²) < 4.78 is 0. The number of hydrogen-bond donors (Lipinski definition) is 1. The molecule has 1 aliphatic rings. The van der Waals surface area contributed by atoms with Crippen LogP contribution in [-0.4, -0.2) is 18.1 Å². The van der Waals surface area contributed by atoms with E-state index in [1.54, 1.807) is 0 Å². The SMILES string of the molecule is C#CCN(CC1CC1)c1ccc(CN)c(C)n1. The Balaban J connectivity index is 2.16. The molecule has 0 unspecified atom stereocenters. The summed E-state index contributed by atoms with van der Waals surface area (Å²) in [7, 11) is 0. The molecule has 0 aromatic carbocycles. The predicted octanol–water partition coefficient (Wildman–Crippen LogP) is 1.70. The zero-order valence-electron chi connectivity index (χ0n) is 10.3. The minimum atomic E-state index is 0.539. The molecule has 3 heteroatoms. The summed E-state index contributed by atoms with van der Waals surface area (Å²) in [6.07, 6.45) is 8.06. The molecule has 0 saturated heterocycles. The van der Waals surface area contributed by atoms with Crippen LogP contribution in [0.1, 0.15) is 24.1 Å². The molecular weight excluding hydrogens is 210 g/mol. The highest BCUT2D eigenvalue weighted by Crippen LogP contribution is 2.31. The van der Waals surface area contributed by atoms with Crippen molar-refractivity contribution in [3.05, 3.63) is 23.4 Å². The number of terminal acetylenes is 1. The second-order valence-electron chi connectivity index (χ2n) is 4.65. The van der Waals surface area contributed by atoms with Gasteiger partial charge >= 0.3 is 0 Å². The number of nitrogens with zero attached hydrogens (tertiary/aromatic N) is 2. The summed E-state index contributed by atoms with van der Waals surface area (Å²) >= 11 is 0. The van der Waals surface area contributed by atoms with Crippen LogP contribution in [0.3, 0.4) is 0 Å². The van der Waals surface area contributed by atoms with Crippen LogP contribution in [0.2, 0.25) is 0 Å². The lowest BCUT2D eigenvalue weighted by molar-refractivity contribution is 0.752. The normalized spacial score (nSPS) is 14.4. The minimum Gasteiger partial charge on any atom is -0.345 e. The van der Waals surface area contributed by atoms with Gasteiger partial charge in [-0.3, -0.25) is 0 Å². The van der Waals surface area contributed by atoms with Crippen LogP contribution in [0.25, 0.3) is 0 Å². The van der Waals surface area contributed by atoms with Gasteiger partial charge in [0.05, 0.1) is 6.54 Å². The zero-order valence-corrected chi connectivity index (χ0v) is 10.3. The van der Waals surface area contributed by atoms with Gasteiger partial charge in [0.15, 0.2) is 0 Å². The lowest BCUT2D eigenvalue weighted by Gasteiger charge is -2.22. The monoisotopic (exact) mass is 229 g/mol. The van der Waals surface area contributed by atoms with Crippen molar-refractivity contribution in [2.45, 2.75) is 26.3 Å². The van der Waals surface area contributed by atoms with Crippen molar-refractivity contribution >= 4 is 5.82 Å². The van der Waals surface area contributed by atoms with E-state index in [-0.39, 0.29) is 0 Å². The molecular formula is C14H19N3. The number of aryl methyl sites for hydroxylation is 1. The highest BCUT2D eigenvalue weighted by atomic mass is 15.2. The fraction of sp³-hybridized carbons (Fsp3) is 0.500. The fourth-order valence-electron chi connectivity index (χ4n) is 1.93. The predicted molar refractivity (Wildman–Crippen MR) is 70.6 cm³/mol. The van der Waals surface area contributed by atoms with E-state index >= 15 is 0 Å². The maximum atomic E-state index is 5.64. The standard InChI is InChI=1S/C14H19N3/c1-3-8-17(10-12-4-5-12)14-7-6-13(9-15)11(2)16-14/h1,6-7,12H,4-5,8-10,15H2,2H3. The van der Waals surface area contributed by atoms with Crippen LogP contribution in [0, 0.1) is 25.2 Å². The molecule has 1 fully saturated rings. The van der Waals surface area contributed by atoms with Crippen molar-refractivity contribution in [2.24, 2.45) is 11.7 Å². The molecule has 17 heavy (non-hydrogen) atoms. The molecule has 2 rings (SSSR count). The van der Waals surface area contributed by atoms with Gasteiger partial charge < -0.3 is 10.6 Å². The average molecular weight is 229 g/mol. The van der Waals surface area contributed by atoms with Crippen LogP contribution >= 0.6 is 0 Å². The first-order valence-electron chi connectivity index (χ1n) is 6.09. The molecule has 1 heterocycles. The lowest BCUT2D eigenvalue weighted by Crippen LogP contribution is -2.27. The van der Waals surface area contributed by atoms with Crippen molar-refractivity contribution in [1.29, 1.82) is 0 Å². The van der Waals surface area contributed by atoms with Gasteiger partial charge in [0.2, 0.25) is 0 Å². The molecule has 0 aliphatic heterocycles. The second kappa shape index (κ2) is 5.20. The highest BCUT2D eigenvalue weighted by molar-refractivity contribution is 5.43. The Hall–Kier alpha value is -1.53. The number of hydrogen-bond acceptors (Lipinski definition) is 3. The molecule has 0 bridgehead atoms. The molecule has 0 amide bonds. The molecule has 0 spiro atoms. The third kappa shape index (κ3) is 2.98. The van der Waals surface area contributed by atoms with Gasteiger partial charge in [0.1, 0.15) is 5.82 Å². The summed E-state index contributed by atoms with van der Waals surface area (Å²) in [5.74, 6) is 4.49. The molecule has 1 aromatic heterocycles. The third-order valence-electron chi connectivity index (χ3n) is 3.18. The van der Waals surface area contributed by atoms with E-state index < -0.39 is 0 Å². The average Bonchev–Trinajstić information content (AvgIpc) is 3.12. The maximum absolute atomic E-state index is 5.64. The van der Waals surface area contributed by atoms with Gasteiger partial charge in [-0.25, -0.2) is 4.98 Å². The summed E-state index contributed by atoms with van der Waals surface area (Å²) in [5.41, 5.74) is 7.74. The Morgan fingerprint density at radius 2 is 2.29 bits per heavy atom. The second-order valence-corrected chi connectivity index (χ2v) is 4.65. The first-order chi connectivity index (χ1) is 8.24. The quantitative estimate of drug-likeness (QED) is 0.781. The molecule has 0 radical (unpaired) electrons. The maximum Gasteiger partial charge on any atom is 0.129 e. The van der Waals surface area contributed by atoms with Crippen LogP contribution in [0.5, 0.6) is 0 Å². The van der Waals surface area contributed by atoms with Gasteiger partial charge in [-0.1, -0.05) is 12.0 Å². The summed E-state index contributed by atoms with van der Waals surface area (Å²) in [5, 5.41) is 0. The summed E-state index contributed by atoms with van der Waals surface area (Å²) in [6.45, 7) is 4.19. The van der Waals surface area contributed by atoms with E-state index in [1.165, 1.54) is 12.8 Å². The molecule has 90 valence electrons. The van der Waals surface area contributed by atoms with E-state index in [4.69, 9.17) is 12.2 Å². The van der Waals surface area contributed by atoms with E-state index in [2.05, 4.69) is 15.8 Å². The van der Waals surface area contributed by atoms with E-state index in [0.29, 0.717) is 13.1 Å². The number of nitrogens with two attached hydrogens (primary N) is 1. The smallest absolute Gasteiger partial charge is 0.129 e.